The molecule has 1 aliphatic heterocycles. The third-order valence-corrected chi connectivity index (χ3v) is 5.29. The van der Waals surface area contributed by atoms with E-state index in [1.807, 2.05) is 30.3 Å². The third-order valence-electron chi connectivity index (χ3n) is 4.43. The lowest BCUT2D eigenvalue weighted by Gasteiger charge is -2.32. The van der Waals surface area contributed by atoms with Crippen LogP contribution in [0.2, 0.25) is 5.02 Å². The fraction of sp³-hybridized carbons (Fsp3) is 0.300. The predicted octanol–water partition coefficient (Wildman–Crippen LogP) is 4.36. The maximum Gasteiger partial charge on any atom is 0.260 e. The number of hydrogen-bond acceptors (Lipinski definition) is 3. The normalized spacial score (nSPS) is 16.7. The van der Waals surface area contributed by atoms with Crippen molar-refractivity contribution in [1.82, 2.24) is 4.90 Å². The molecular formula is C20H20BrClN2O3. The van der Waals surface area contributed by atoms with Crippen molar-refractivity contribution in [3.63, 3.8) is 0 Å². The summed E-state index contributed by atoms with van der Waals surface area (Å²) in [6.45, 7) is 0.967. The summed E-state index contributed by atoms with van der Waals surface area (Å²) < 4.78 is 6.30. The van der Waals surface area contributed by atoms with Gasteiger partial charge in [0.2, 0.25) is 5.91 Å². The molecule has 0 bridgehead atoms. The highest BCUT2D eigenvalue weighted by molar-refractivity contribution is 9.10. The van der Waals surface area contributed by atoms with E-state index >= 15 is 0 Å². The number of nitrogens with one attached hydrogen (secondary N) is 1. The Kier molecular flexibility index (Phi) is 6.74. The molecule has 0 saturated carbocycles. The van der Waals surface area contributed by atoms with Crippen molar-refractivity contribution in [3.05, 3.63) is 58.0 Å². The van der Waals surface area contributed by atoms with Crippen LogP contribution in [0.5, 0.6) is 5.75 Å². The summed E-state index contributed by atoms with van der Waals surface area (Å²) in [6, 6.07) is 14.5. The zero-order valence-electron chi connectivity index (χ0n) is 14.7. The second-order valence-electron chi connectivity index (χ2n) is 6.40. The van der Waals surface area contributed by atoms with Gasteiger partial charge >= 0.3 is 0 Å². The molecule has 2 aromatic rings. The number of benzene rings is 2. The molecule has 0 aromatic heterocycles. The zero-order valence-corrected chi connectivity index (χ0v) is 17.0. The van der Waals surface area contributed by atoms with E-state index in [0.717, 1.165) is 18.5 Å². The number of carbonyl (C=O) groups is 2. The molecule has 7 heteroatoms. The first-order valence-electron chi connectivity index (χ1n) is 8.74. The van der Waals surface area contributed by atoms with Crippen molar-refractivity contribution in [1.29, 1.82) is 0 Å². The predicted molar refractivity (Wildman–Crippen MR) is 109 cm³/mol. The summed E-state index contributed by atoms with van der Waals surface area (Å²) in [4.78, 5) is 26.7. The van der Waals surface area contributed by atoms with Gasteiger partial charge in [-0.3, -0.25) is 9.59 Å². The second-order valence-corrected chi connectivity index (χ2v) is 7.69. The molecule has 1 saturated heterocycles. The fourth-order valence-electron chi connectivity index (χ4n) is 3.01. The highest BCUT2D eigenvalue weighted by Crippen LogP contribution is 2.28. The number of carbonyl (C=O) groups excluding carboxylic acids is 2. The van der Waals surface area contributed by atoms with Crippen LogP contribution in [0.4, 0.5) is 5.69 Å². The Labute approximate surface area is 171 Å². The van der Waals surface area contributed by atoms with Crippen molar-refractivity contribution in [3.8, 4) is 5.75 Å². The van der Waals surface area contributed by atoms with Crippen LogP contribution in [0.15, 0.2) is 53.0 Å². The Morgan fingerprint density at radius 2 is 2.00 bits per heavy atom. The number of nitrogens with zero attached hydrogens (tertiary/aromatic N) is 1. The quantitative estimate of drug-likeness (QED) is 0.735. The van der Waals surface area contributed by atoms with E-state index in [1.165, 1.54) is 0 Å². The van der Waals surface area contributed by atoms with E-state index in [2.05, 4.69) is 21.2 Å². The highest BCUT2D eigenvalue weighted by atomic mass is 79.9. The molecule has 0 aliphatic carbocycles. The van der Waals surface area contributed by atoms with Gasteiger partial charge in [0.05, 0.1) is 10.4 Å². The summed E-state index contributed by atoms with van der Waals surface area (Å²) in [7, 11) is 0. The molecule has 1 N–H and O–H groups in total. The first-order chi connectivity index (χ1) is 13.0. The second kappa shape index (κ2) is 9.24. The lowest BCUT2D eigenvalue weighted by Crippen LogP contribution is -2.45. The van der Waals surface area contributed by atoms with Crippen LogP contribution >= 0.6 is 27.5 Å². The van der Waals surface area contributed by atoms with Crippen LogP contribution < -0.4 is 10.1 Å². The highest BCUT2D eigenvalue weighted by Gasteiger charge is 2.28. The molecule has 1 heterocycles. The molecule has 3 rings (SSSR count). The first-order valence-corrected chi connectivity index (χ1v) is 9.91. The zero-order chi connectivity index (χ0) is 19.2. The lowest BCUT2D eigenvalue weighted by atomic mass is 9.97. The summed E-state index contributed by atoms with van der Waals surface area (Å²) in [6.07, 6.45) is 1.56. The SMILES string of the molecule is O=C(Nc1ccccc1)[C@@H]1CCCN(C(=O)COc2ccc(Cl)cc2Br)C1. The van der Waals surface area contributed by atoms with E-state index in [4.69, 9.17) is 16.3 Å². The average molecular weight is 452 g/mol. The molecule has 0 radical (unpaired) electrons. The molecule has 5 nitrogen and oxygen atoms in total. The summed E-state index contributed by atoms with van der Waals surface area (Å²) in [5.74, 6) is 0.155. The van der Waals surface area contributed by atoms with E-state index in [-0.39, 0.29) is 24.3 Å². The largest absolute Gasteiger partial charge is 0.483 e. The monoisotopic (exact) mass is 450 g/mol. The smallest absolute Gasteiger partial charge is 0.260 e. The maximum absolute atomic E-state index is 12.5. The number of hydrogen-bond donors (Lipinski definition) is 1. The maximum atomic E-state index is 12.5. The molecule has 0 spiro atoms. The Balaban J connectivity index is 1.53. The minimum absolute atomic E-state index is 0.0555. The van der Waals surface area contributed by atoms with Gasteiger partial charge in [-0.05, 0) is 59.1 Å². The Morgan fingerprint density at radius 3 is 2.74 bits per heavy atom. The number of amides is 2. The minimum atomic E-state index is -0.217. The molecule has 27 heavy (non-hydrogen) atoms. The van der Waals surface area contributed by atoms with E-state index in [0.29, 0.717) is 28.3 Å². The Hall–Kier alpha value is -2.05. The van der Waals surface area contributed by atoms with E-state index < -0.39 is 0 Å². The van der Waals surface area contributed by atoms with Crippen LogP contribution in [0, 0.1) is 5.92 Å². The molecule has 0 unspecified atom stereocenters. The van der Waals surface area contributed by atoms with Crippen molar-refractivity contribution >= 4 is 45.0 Å². The number of piperidine rings is 1. The van der Waals surface area contributed by atoms with Gasteiger partial charge in [-0.25, -0.2) is 0 Å². The van der Waals surface area contributed by atoms with Crippen molar-refractivity contribution in [2.75, 3.05) is 25.0 Å². The molecule has 2 aromatic carbocycles. The van der Waals surface area contributed by atoms with E-state index in [1.54, 1.807) is 23.1 Å². The van der Waals surface area contributed by atoms with Crippen LogP contribution in [-0.4, -0.2) is 36.4 Å². The van der Waals surface area contributed by atoms with Gasteiger partial charge in [0.25, 0.3) is 5.91 Å². The summed E-state index contributed by atoms with van der Waals surface area (Å²) in [5, 5.41) is 3.50. The van der Waals surface area contributed by atoms with E-state index in [9.17, 15) is 9.59 Å². The number of anilines is 1. The van der Waals surface area contributed by atoms with Gasteiger partial charge in [-0.15, -0.1) is 0 Å². The minimum Gasteiger partial charge on any atom is -0.483 e. The number of ether oxygens (including phenoxy) is 1. The topological polar surface area (TPSA) is 58.6 Å². The van der Waals surface area contributed by atoms with Gasteiger partial charge in [0.15, 0.2) is 6.61 Å². The number of rotatable bonds is 5. The van der Waals surface area contributed by atoms with Crippen molar-refractivity contribution < 1.29 is 14.3 Å². The van der Waals surface area contributed by atoms with Gasteiger partial charge < -0.3 is 15.0 Å². The average Bonchev–Trinajstić information content (AvgIpc) is 2.68. The van der Waals surface area contributed by atoms with Gasteiger partial charge in [-0.2, -0.15) is 0 Å². The summed E-state index contributed by atoms with van der Waals surface area (Å²) in [5.41, 5.74) is 0.766. The number of para-hydroxylation sites is 1. The standard InChI is InChI=1S/C20H20BrClN2O3/c21-17-11-15(22)8-9-18(17)27-13-19(25)24-10-4-5-14(12-24)20(26)23-16-6-2-1-3-7-16/h1-3,6-9,11,14H,4-5,10,12-13H2,(H,23,26)/t14-/m1/s1. The lowest BCUT2D eigenvalue weighted by molar-refractivity contribution is -0.136. The van der Waals surface area contributed by atoms with Gasteiger partial charge in [-0.1, -0.05) is 29.8 Å². The van der Waals surface area contributed by atoms with Gasteiger partial charge in [0.1, 0.15) is 5.75 Å². The summed E-state index contributed by atoms with van der Waals surface area (Å²) >= 11 is 9.27. The van der Waals surface area contributed by atoms with Crippen molar-refractivity contribution in [2.24, 2.45) is 5.92 Å². The third kappa shape index (κ3) is 5.47. The fourth-order valence-corrected chi connectivity index (χ4v) is 3.80. The molecule has 1 fully saturated rings. The van der Waals surface area contributed by atoms with Crippen LogP contribution in [0.25, 0.3) is 0 Å². The van der Waals surface area contributed by atoms with Crippen LogP contribution in [0.1, 0.15) is 12.8 Å². The molecule has 142 valence electrons. The number of likely N-dealkylation sites (tertiary alicyclic amines) is 1. The first kappa shape index (κ1) is 19.7. The van der Waals surface area contributed by atoms with Crippen LogP contribution in [-0.2, 0) is 9.59 Å². The molecule has 1 aliphatic rings. The molecule has 2 amide bonds. The molecular weight excluding hydrogens is 432 g/mol. The number of halogens is 2. The molecule has 1 atom stereocenters. The Morgan fingerprint density at radius 1 is 1.22 bits per heavy atom. The van der Waals surface area contributed by atoms with Crippen LogP contribution in [0.3, 0.4) is 0 Å². The Bertz CT molecular complexity index is 816. The van der Waals surface area contributed by atoms with Crippen molar-refractivity contribution in [2.45, 2.75) is 12.8 Å². The van der Waals surface area contributed by atoms with Gasteiger partial charge in [0, 0.05) is 23.8 Å².